The average molecular weight is 486 g/mol. The molecule has 0 spiro atoms. The molecule has 168 valence electrons. The second-order valence-electron chi connectivity index (χ2n) is 6.56. The number of ether oxygens (including phenoxy) is 2. The van der Waals surface area contributed by atoms with E-state index >= 15 is 0 Å². The van der Waals surface area contributed by atoms with Gasteiger partial charge in [-0.05, 0) is 12.1 Å². The summed E-state index contributed by atoms with van der Waals surface area (Å²) in [5, 5.41) is 10.5. The molecule has 32 heavy (non-hydrogen) atoms. The van der Waals surface area contributed by atoms with Crippen LogP contribution in [0.1, 0.15) is 0 Å². The minimum absolute atomic E-state index is 0.0301. The van der Waals surface area contributed by atoms with Crippen LogP contribution in [0.4, 0.5) is 18.9 Å². The molecule has 8 nitrogen and oxygen atoms in total. The van der Waals surface area contributed by atoms with Gasteiger partial charge in [0.05, 0.1) is 16.5 Å². The number of benzene rings is 1. The van der Waals surface area contributed by atoms with Crippen molar-refractivity contribution in [1.82, 2.24) is 19.7 Å². The molecule has 0 saturated heterocycles. The van der Waals surface area contributed by atoms with Crippen molar-refractivity contribution in [2.24, 2.45) is 0 Å². The SMILES string of the molecule is O=C(CSc1nnc(-c2ccncc2)n1CC(F)(F)F)Nc1cc2c(cc1Cl)OCCO2. The summed E-state index contributed by atoms with van der Waals surface area (Å²) in [5.41, 5.74) is 0.729. The molecule has 0 bridgehead atoms. The lowest BCUT2D eigenvalue weighted by molar-refractivity contribution is -0.141. The summed E-state index contributed by atoms with van der Waals surface area (Å²) in [6, 6.07) is 6.12. The van der Waals surface area contributed by atoms with Gasteiger partial charge < -0.3 is 14.8 Å². The molecule has 1 aliphatic heterocycles. The number of nitrogens with one attached hydrogen (secondary N) is 1. The van der Waals surface area contributed by atoms with Crippen LogP contribution in [0.3, 0.4) is 0 Å². The van der Waals surface area contributed by atoms with Gasteiger partial charge in [0.15, 0.2) is 22.5 Å². The number of pyridine rings is 1. The fourth-order valence-corrected chi connectivity index (χ4v) is 3.85. The third kappa shape index (κ3) is 5.25. The number of nitrogens with zero attached hydrogens (tertiary/aromatic N) is 4. The highest BCUT2D eigenvalue weighted by Crippen LogP contribution is 2.38. The Kier molecular flexibility index (Phi) is 6.42. The first kappa shape index (κ1) is 22.2. The number of carbonyl (C=O) groups excluding carboxylic acids is 1. The first-order chi connectivity index (χ1) is 15.3. The normalized spacial score (nSPS) is 13.1. The van der Waals surface area contributed by atoms with Crippen molar-refractivity contribution >= 4 is 35.0 Å². The fourth-order valence-electron chi connectivity index (χ4n) is 2.91. The lowest BCUT2D eigenvalue weighted by Crippen LogP contribution is -2.20. The summed E-state index contributed by atoms with van der Waals surface area (Å²) in [5.74, 6) is 0.244. The van der Waals surface area contributed by atoms with Crippen LogP contribution in [0.25, 0.3) is 11.4 Å². The molecule has 0 atom stereocenters. The predicted molar refractivity (Wildman–Crippen MR) is 111 cm³/mol. The van der Waals surface area contributed by atoms with Crippen LogP contribution < -0.4 is 14.8 Å². The number of anilines is 1. The number of aromatic nitrogens is 4. The van der Waals surface area contributed by atoms with Gasteiger partial charge in [-0.2, -0.15) is 13.2 Å². The van der Waals surface area contributed by atoms with Crippen molar-refractivity contribution in [3.05, 3.63) is 41.7 Å². The molecule has 13 heteroatoms. The van der Waals surface area contributed by atoms with Gasteiger partial charge >= 0.3 is 6.18 Å². The van der Waals surface area contributed by atoms with Gasteiger partial charge in [0, 0.05) is 30.1 Å². The minimum Gasteiger partial charge on any atom is -0.486 e. The van der Waals surface area contributed by atoms with E-state index in [0.717, 1.165) is 16.3 Å². The van der Waals surface area contributed by atoms with E-state index in [2.05, 4.69) is 20.5 Å². The maximum Gasteiger partial charge on any atom is 0.406 e. The number of carbonyl (C=O) groups is 1. The van der Waals surface area contributed by atoms with Gasteiger partial charge in [-0.15, -0.1) is 10.2 Å². The third-order valence-corrected chi connectivity index (χ3v) is 5.51. The minimum atomic E-state index is -4.50. The van der Waals surface area contributed by atoms with E-state index in [1.807, 2.05) is 0 Å². The topological polar surface area (TPSA) is 91.2 Å². The Bertz CT molecular complexity index is 1130. The molecule has 0 unspecified atom stereocenters. The van der Waals surface area contributed by atoms with Crippen LogP contribution in [0.5, 0.6) is 11.5 Å². The number of fused-ring (bicyclic) bond motifs is 1. The lowest BCUT2D eigenvalue weighted by atomic mass is 10.2. The van der Waals surface area contributed by atoms with Crippen LogP contribution in [0.2, 0.25) is 5.02 Å². The van der Waals surface area contributed by atoms with Crippen molar-refractivity contribution in [2.75, 3.05) is 24.3 Å². The molecule has 1 aliphatic rings. The Hall–Kier alpha value is -2.99. The first-order valence-electron chi connectivity index (χ1n) is 9.22. The number of amides is 1. The molecule has 1 N–H and O–H groups in total. The van der Waals surface area contributed by atoms with E-state index < -0.39 is 18.6 Å². The number of alkyl halides is 3. The van der Waals surface area contributed by atoms with Gasteiger partial charge in [0.25, 0.3) is 0 Å². The van der Waals surface area contributed by atoms with Crippen LogP contribution in [0, 0.1) is 0 Å². The number of hydrogen-bond acceptors (Lipinski definition) is 7. The molecular formula is C19H15ClF3N5O3S. The quantitative estimate of drug-likeness (QED) is 0.526. The Balaban J connectivity index is 1.49. The summed E-state index contributed by atoms with van der Waals surface area (Å²) >= 11 is 7.01. The summed E-state index contributed by atoms with van der Waals surface area (Å²) in [6.45, 7) is -0.534. The van der Waals surface area contributed by atoms with Crippen molar-refractivity contribution < 1.29 is 27.4 Å². The Morgan fingerprint density at radius 1 is 1.16 bits per heavy atom. The largest absolute Gasteiger partial charge is 0.486 e. The average Bonchev–Trinajstić information content (AvgIpc) is 3.14. The second kappa shape index (κ2) is 9.25. The van der Waals surface area contributed by atoms with Crippen molar-refractivity contribution in [1.29, 1.82) is 0 Å². The zero-order chi connectivity index (χ0) is 22.7. The summed E-state index contributed by atoms with van der Waals surface area (Å²) in [4.78, 5) is 16.3. The van der Waals surface area contributed by atoms with Crippen molar-refractivity contribution in [2.45, 2.75) is 17.9 Å². The molecule has 3 heterocycles. The number of thioether (sulfide) groups is 1. The monoisotopic (exact) mass is 485 g/mol. The molecule has 1 aromatic carbocycles. The summed E-state index contributed by atoms with van der Waals surface area (Å²) in [7, 11) is 0. The molecule has 0 aliphatic carbocycles. The Morgan fingerprint density at radius 3 is 2.53 bits per heavy atom. The van der Waals surface area contributed by atoms with Gasteiger partial charge in [0.2, 0.25) is 5.91 Å². The van der Waals surface area contributed by atoms with E-state index in [1.165, 1.54) is 36.7 Å². The first-order valence-corrected chi connectivity index (χ1v) is 10.6. The van der Waals surface area contributed by atoms with Gasteiger partial charge in [-0.1, -0.05) is 23.4 Å². The predicted octanol–water partition coefficient (Wildman–Crippen LogP) is 4.06. The zero-order valence-corrected chi connectivity index (χ0v) is 17.8. The van der Waals surface area contributed by atoms with Crippen LogP contribution in [-0.4, -0.2) is 50.8 Å². The van der Waals surface area contributed by atoms with E-state index in [0.29, 0.717) is 36.0 Å². The van der Waals surface area contributed by atoms with Gasteiger partial charge in [0.1, 0.15) is 19.8 Å². The lowest BCUT2D eigenvalue weighted by Gasteiger charge is -2.20. The van der Waals surface area contributed by atoms with Crippen molar-refractivity contribution in [3.63, 3.8) is 0 Å². The maximum absolute atomic E-state index is 13.1. The van der Waals surface area contributed by atoms with E-state index in [9.17, 15) is 18.0 Å². The molecule has 0 fully saturated rings. The van der Waals surface area contributed by atoms with Crippen LogP contribution >= 0.6 is 23.4 Å². The van der Waals surface area contributed by atoms with Crippen molar-refractivity contribution in [3.8, 4) is 22.9 Å². The number of hydrogen-bond donors (Lipinski definition) is 1. The highest BCUT2D eigenvalue weighted by Gasteiger charge is 2.31. The molecule has 0 saturated carbocycles. The van der Waals surface area contributed by atoms with E-state index in [4.69, 9.17) is 21.1 Å². The second-order valence-corrected chi connectivity index (χ2v) is 7.91. The Morgan fingerprint density at radius 2 is 1.84 bits per heavy atom. The fraction of sp³-hybridized carbons (Fsp3) is 0.263. The smallest absolute Gasteiger partial charge is 0.406 e. The number of rotatable bonds is 6. The summed E-state index contributed by atoms with van der Waals surface area (Å²) in [6.07, 6.45) is -1.61. The highest BCUT2D eigenvalue weighted by molar-refractivity contribution is 7.99. The molecule has 2 aromatic heterocycles. The molecule has 0 radical (unpaired) electrons. The molecule has 4 rings (SSSR count). The van der Waals surface area contributed by atoms with Gasteiger partial charge in [-0.25, -0.2) is 0 Å². The van der Waals surface area contributed by atoms with E-state index in [1.54, 1.807) is 0 Å². The third-order valence-electron chi connectivity index (χ3n) is 4.23. The molecule has 1 amide bonds. The maximum atomic E-state index is 13.1. The summed E-state index contributed by atoms with van der Waals surface area (Å²) < 4.78 is 51.3. The van der Waals surface area contributed by atoms with Gasteiger partial charge in [-0.3, -0.25) is 14.3 Å². The Labute approximate surface area is 189 Å². The van der Waals surface area contributed by atoms with Crippen LogP contribution in [0.15, 0.2) is 41.8 Å². The van der Waals surface area contributed by atoms with Crippen LogP contribution in [-0.2, 0) is 11.3 Å². The standard InChI is InChI=1S/C19H15ClF3N5O3S/c20-12-7-14-15(31-6-5-30-14)8-13(12)25-16(29)9-32-18-27-26-17(11-1-3-24-4-2-11)28(18)10-19(21,22)23/h1-4,7-8H,5-6,9-10H2,(H,25,29). The zero-order valence-electron chi connectivity index (χ0n) is 16.2. The highest BCUT2D eigenvalue weighted by atomic mass is 35.5. The number of halogens is 4. The molecular weight excluding hydrogens is 471 g/mol. The molecule has 3 aromatic rings. The van der Waals surface area contributed by atoms with E-state index in [-0.39, 0.29) is 21.8 Å².